The van der Waals surface area contributed by atoms with Crippen LogP contribution in [0, 0.1) is 0 Å². The van der Waals surface area contributed by atoms with Crippen molar-refractivity contribution < 1.29 is 9.90 Å². The van der Waals surface area contributed by atoms with Gasteiger partial charge in [-0.2, -0.15) is 0 Å². The van der Waals surface area contributed by atoms with Gasteiger partial charge in [-0.1, -0.05) is 30.3 Å². The zero-order valence-corrected chi connectivity index (χ0v) is 11.7. The lowest BCUT2D eigenvalue weighted by Gasteiger charge is -2.11. The zero-order chi connectivity index (χ0) is 12.8. The lowest BCUT2D eigenvalue weighted by Crippen LogP contribution is -2.35. The topological polar surface area (TPSA) is 61.4 Å². The predicted octanol–water partition coefficient (Wildman–Crippen LogP) is 1.40. The summed E-state index contributed by atoms with van der Waals surface area (Å²) in [6, 6.07) is 10.0. The van der Waals surface area contributed by atoms with Crippen LogP contribution in [0.2, 0.25) is 0 Å². The van der Waals surface area contributed by atoms with Crippen LogP contribution in [-0.2, 0) is 4.79 Å². The fourth-order valence-electron chi connectivity index (χ4n) is 1.78. The van der Waals surface area contributed by atoms with Crippen molar-refractivity contribution in [3.8, 4) is 0 Å². The molecule has 1 aliphatic carbocycles. The molecule has 0 heterocycles. The van der Waals surface area contributed by atoms with Gasteiger partial charge in [0.05, 0.1) is 12.6 Å². The van der Waals surface area contributed by atoms with Gasteiger partial charge in [0.25, 0.3) is 0 Å². The summed E-state index contributed by atoms with van der Waals surface area (Å²) in [5.41, 5.74) is 0.892. The normalized spacial score (nSPS) is 15.4. The number of rotatable bonds is 7. The first-order valence-corrected chi connectivity index (χ1v) is 6.49. The van der Waals surface area contributed by atoms with Crippen molar-refractivity contribution in [1.29, 1.82) is 0 Å². The first kappa shape index (κ1) is 16.0. The number of halogens is 1. The van der Waals surface area contributed by atoms with Crippen LogP contribution < -0.4 is 10.6 Å². The van der Waals surface area contributed by atoms with Gasteiger partial charge < -0.3 is 15.7 Å². The van der Waals surface area contributed by atoms with Gasteiger partial charge in [-0.3, -0.25) is 4.79 Å². The number of aliphatic hydroxyl groups excluding tert-OH is 1. The summed E-state index contributed by atoms with van der Waals surface area (Å²) in [7, 11) is 0. The van der Waals surface area contributed by atoms with E-state index in [2.05, 4.69) is 10.6 Å². The molecule has 1 aliphatic rings. The Bertz CT molecular complexity index is 382. The van der Waals surface area contributed by atoms with Gasteiger partial charge in [-0.25, -0.2) is 0 Å². The third-order valence-corrected chi connectivity index (χ3v) is 3.05. The van der Waals surface area contributed by atoms with Crippen LogP contribution in [0.4, 0.5) is 0 Å². The minimum Gasteiger partial charge on any atom is -0.388 e. The molecule has 3 N–H and O–H groups in total. The van der Waals surface area contributed by atoms with E-state index in [0.29, 0.717) is 25.6 Å². The van der Waals surface area contributed by atoms with Crippen molar-refractivity contribution in [2.24, 2.45) is 0 Å². The molecule has 1 amide bonds. The Labute approximate surface area is 120 Å². The number of hydrogen-bond acceptors (Lipinski definition) is 3. The third-order valence-electron chi connectivity index (χ3n) is 3.05. The van der Waals surface area contributed by atoms with Crippen molar-refractivity contribution >= 4 is 18.3 Å². The number of nitrogens with one attached hydrogen (secondary N) is 2. The molecule has 0 saturated heterocycles. The zero-order valence-electron chi connectivity index (χ0n) is 10.8. The van der Waals surface area contributed by atoms with E-state index in [9.17, 15) is 9.90 Å². The quantitative estimate of drug-likeness (QED) is 0.709. The summed E-state index contributed by atoms with van der Waals surface area (Å²) < 4.78 is 0. The SMILES string of the molecule is Cl.O=C(CNC1CC1)NCCC(O)c1ccccc1. The molecule has 1 atom stereocenters. The van der Waals surface area contributed by atoms with E-state index in [1.165, 1.54) is 12.8 Å². The minimum atomic E-state index is -0.511. The Morgan fingerprint density at radius 1 is 1.32 bits per heavy atom. The minimum absolute atomic E-state index is 0. The maximum Gasteiger partial charge on any atom is 0.233 e. The average Bonchev–Trinajstić information content (AvgIpc) is 3.21. The Hall–Kier alpha value is -1.10. The van der Waals surface area contributed by atoms with Crippen molar-refractivity contribution in [2.45, 2.75) is 31.4 Å². The molecule has 0 radical (unpaired) electrons. The van der Waals surface area contributed by atoms with Crippen molar-refractivity contribution in [3.05, 3.63) is 35.9 Å². The Kier molecular flexibility index (Phi) is 6.84. The molecular formula is C14H21ClN2O2. The number of carbonyl (C=O) groups excluding carboxylic acids is 1. The molecule has 1 aromatic carbocycles. The molecule has 4 nitrogen and oxygen atoms in total. The van der Waals surface area contributed by atoms with Crippen molar-refractivity contribution in [1.82, 2.24) is 10.6 Å². The van der Waals surface area contributed by atoms with Crippen LogP contribution in [0.5, 0.6) is 0 Å². The highest BCUT2D eigenvalue weighted by atomic mass is 35.5. The molecule has 1 aromatic rings. The van der Waals surface area contributed by atoms with Crippen LogP contribution >= 0.6 is 12.4 Å². The molecule has 0 aliphatic heterocycles. The van der Waals surface area contributed by atoms with Gasteiger partial charge in [0.1, 0.15) is 0 Å². The predicted molar refractivity (Wildman–Crippen MR) is 77.3 cm³/mol. The van der Waals surface area contributed by atoms with Gasteiger partial charge in [0.15, 0.2) is 0 Å². The van der Waals surface area contributed by atoms with Crippen LogP contribution in [0.25, 0.3) is 0 Å². The van der Waals surface area contributed by atoms with E-state index >= 15 is 0 Å². The molecule has 5 heteroatoms. The van der Waals surface area contributed by atoms with Gasteiger partial charge in [0.2, 0.25) is 5.91 Å². The molecule has 19 heavy (non-hydrogen) atoms. The lowest BCUT2D eigenvalue weighted by molar-refractivity contribution is -0.120. The number of amides is 1. The smallest absolute Gasteiger partial charge is 0.233 e. The summed E-state index contributed by atoms with van der Waals surface area (Å²) in [6.45, 7) is 0.882. The molecule has 1 fully saturated rings. The summed E-state index contributed by atoms with van der Waals surface area (Å²) in [5, 5.41) is 15.9. The second-order valence-electron chi connectivity index (χ2n) is 4.72. The molecule has 106 valence electrons. The van der Waals surface area contributed by atoms with E-state index in [-0.39, 0.29) is 18.3 Å². The molecule has 2 rings (SSSR count). The third kappa shape index (κ3) is 6.05. The summed E-state index contributed by atoms with van der Waals surface area (Å²) in [6.07, 6.45) is 2.39. The monoisotopic (exact) mass is 284 g/mol. The van der Waals surface area contributed by atoms with E-state index in [1.54, 1.807) is 0 Å². The summed E-state index contributed by atoms with van der Waals surface area (Å²) in [5.74, 6) is 0.00200. The van der Waals surface area contributed by atoms with Crippen LogP contribution in [0.3, 0.4) is 0 Å². The second-order valence-corrected chi connectivity index (χ2v) is 4.72. The number of benzene rings is 1. The molecular weight excluding hydrogens is 264 g/mol. The molecule has 0 aromatic heterocycles. The molecule has 0 spiro atoms. The molecule has 0 bridgehead atoms. The number of hydrogen-bond donors (Lipinski definition) is 3. The van der Waals surface area contributed by atoms with E-state index in [1.807, 2.05) is 30.3 Å². The maximum atomic E-state index is 11.4. The van der Waals surface area contributed by atoms with Gasteiger partial charge >= 0.3 is 0 Å². The fraction of sp³-hybridized carbons (Fsp3) is 0.500. The van der Waals surface area contributed by atoms with E-state index < -0.39 is 6.10 Å². The van der Waals surface area contributed by atoms with Crippen LogP contribution in [0.1, 0.15) is 30.9 Å². The number of carbonyl (C=O) groups is 1. The number of aliphatic hydroxyl groups is 1. The van der Waals surface area contributed by atoms with E-state index in [0.717, 1.165) is 5.56 Å². The Balaban J connectivity index is 0.00000180. The first-order valence-electron chi connectivity index (χ1n) is 6.49. The molecule has 1 saturated carbocycles. The van der Waals surface area contributed by atoms with Crippen LogP contribution in [-0.4, -0.2) is 30.1 Å². The summed E-state index contributed by atoms with van der Waals surface area (Å²) in [4.78, 5) is 11.4. The van der Waals surface area contributed by atoms with Gasteiger partial charge in [-0.05, 0) is 24.8 Å². The summed E-state index contributed by atoms with van der Waals surface area (Å²) >= 11 is 0. The van der Waals surface area contributed by atoms with Crippen LogP contribution in [0.15, 0.2) is 30.3 Å². The highest BCUT2D eigenvalue weighted by molar-refractivity contribution is 5.85. The van der Waals surface area contributed by atoms with Crippen molar-refractivity contribution in [3.63, 3.8) is 0 Å². The Morgan fingerprint density at radius 2 is 2.00 bits per heavy atom. The van der Waals surface area contributed by atoms with Gasteiger partial charge in [0, 0.05) is 12.6 Å². The highest BCUT2D eigenvalue weighted by Crippen LogP contribution is 2.18. The molecule has 1 unspecified atom stereocenters. The fourth-order valence-corrected chi connectivity index (χ4v) is 1.78. The van der Waals surface area contributed by atoms with E-state index in [4.69, 9.17) is 0 Å². The largest absolute Gasteiger partial charge is 0.388 e. The Morgan fingerprint density at radius 3 is 2.63 bits per heavy atom. The highest BCUT2D eigenvalue weighted by Gasteiger charge is 2.20. The second kappa shape index (κ2) is 8.15. The standard InChI is InChI=1S/C14H20N2O2.ClH/c17-13(11-4-2-1-3-5-11)8-9-15-14(18)10-16-12-6-7-12;/h1-5,12-13,16-17H,6-10H2,(H,15,18);1H. The maximum absolute atomic E-state index is 11.4. The van der Waals surface area contributed by atoms with Gasteiger partial charge in [-0.15, -0.1) is 12.4 Å². The first-order chi connectivity index (χ1) is 8.75. The lowest BCUT2D eigenvalue weighted by atomic mass is 10.1. The van der Waals surface area contributed by atoms with Crippen molar-refractivity contribution in [2.75, 3.05) is 13.1 Å². The average molecular weight is 285 g/mol.